The van der Waals surface area contributed by atoms with Gasteiger partial charge < -0.3 is 14.2 Å². The van der Waals surface area contributed by atoms with Gasteiger partial charge in [0.2, 0.25) is 0 Å². The summed E-state index contributed by atoms with van der Waals surface area (Å²) in [5, 5.41) is 0. The third-order valence-corrected chi connectivity index (χ3v) is 2.91. The van der Waals surface area contributed by atoms with Crippen LogP contribution in [0.5, 0.6) is 17.2 Å². The second-order valence-corrected chi connectivity index (χ2v) is 4.77. The van der Waals surface area contributed by atoms with E-state index in [1.54, 1.807) is 0 Å². The summed E-state index contributed by atoms with van der Waals surface area (Å²) >= 11 is 0. The molecule has 0 saturated heterocycles. The first-order valence-corrected chi connectivity index (χ1v) is 7.82. The van der Waals surface area contributed by atoms with Crippen LogP contribution in [0.25, 0.3) is 0 Å². The Morgan fingerprint density at radius 1 is 0.700 bits per heavy atom. The SMILES string of the molecule is CCCOc1ccc(OCCC)c(OCCC)c1CC. The Labute approximate surface area is 123 Å². The highest BCUT2D eigenvalue weighted by atomic mass is 16.5. The minimum atomic E-state index is 0.701. The van der Waals surface area contributed by atoms with Crippen molar-refractivity contribution >= 4 is 0 Å². The number of rotatable bonds is 10. The smallest absolute Gasteiger partial charge is 0.168 e. The molecule has 0 radical (unpaired) electrons. The van der Waals surface area contributed by atoms with E-state index in [4.69, 9.17) is 14.2 Å². The molecule has 0 aliphatic rings. The predicted octanol–water partition coefficient (Wildman–Crippen LogP) is 4.62. The molecule has 0 aliphatic heterocycles. The minimum absolute atomic E-state index is 0.701. The topological polar surface area (TPSA) is 27.7 Å². The fourth-order valence-electron chi connectivity index (χ4n) is 1.96. The third kappa shape index (κ3) is 4.62. The van der Waals surface area contributed by atoms with Gasteiger partial charge in [-0.25, -0.2) is 0 Å². The molecule has 0 atom stereocenters. The molecule has 0 unspecified atom stereocenters. The lowest BCUT2D eigenvalue weighted by Crippen LogP contribution is -2.06. The van der Waals surface area contributed by atoms with E-state index in [2.05, 4.69) is 27.7 Å². The van der Waals surface area contributed by atoms with Crippen LogP contribution in [0.2, 0.25) is 0 Å². The molecule has 0 fully saturated rings. The van der Waals surface area contributed by atoms with Crippen molar-refractivity contribution in [3.8, 4) is 17.2 Å². The molecule has 0 amide bonds. The van der Waals surface area contributed by atoms with E-state index >= 15 is 0 Å². The van der Waals surface area contributed by atoms with Gasteiger partial charge in [-0.2, -0.15) is 0 Å². The Bertz CT molecular complexity index is 388. The van der Waals surface area contributed by atoms with E-state index in [1.165, 1.54) is 0 Å². The third-order valence-electron chi connectivity index (χ3n) is 2.91. The molecule has 0 aliphatic carbocycles. The molecule has 0 aromatic heterocycles. The minimum Gasteiger partial charge on any atom is -0.493 e. The van der Waals surface area contributed by atoms with Crippen molar-refractivity contribution in [3.05, 3.63) is 17.7 Å². The van der Waals surface area contributed by atoms with Crippen LogP contribution >= 0.6 is 0 Å². The molecule has 20 heavy (non-hydrogen) atoms. The molecule has 0 spiro atoms. The fourth-order valence-corrected chi connectivity index (χ4v) is 1.96. The Kier molecular flexibility index (Phi) is 7.93. The van der Waals surface area contributed by atoms with Gasteiger partial charge in [0.05, 0.1) is 19.8 Å². The molecule has 114 valence electrons. The van der Waals surface area contributed by atoms with E-state index < -0.39 is 0 Å². The fraction of sp³-hybridized carbons (Fsp3) is 0.647. The molecule has 0 heterocycles. The molecule has 3 nitrogen and oxygen atoms in total. The Morgan fingerprint density at radius 2 is 1.20 bits per heavy atom. The van der Waals surface area contributed by atoms with Gasteiger partial charge in [0, 0.05) is 5.56 Å². The van der Waals surface area contributed by atoms with Crippen molar-refractivity contribution in [1.82, 2.24) is 0 Å². The number of hydrogen-bond acceptors (Lipinski definition) is 3. The predicted molar refractivity (Wildman–Crippen MR) is 83.2 cm³/mol. The average Bonchev–Trinajstić information content (AvgIpc) is 2.48. The van der Waals surface area contributed by atoms with Gasteiger partial charge in [0.25, 0.3) is 0 Å². The van der Waals surface area contributed by atoms with Crippen molar-refractivity contribution in [2.75, 3.05) is 19.8 Å². The lowest BCUT2D eigenvalue weighted by molar-refractivity contribution is 0.260. The number of benzene rings is 1. The lowest BCUT2D eigenvalue weighted by atomic mass is 10.1. The zero-order chi connectivity index (χ0) is 14.8. The van der Waals surface area contributed by atoms with Crippen LogP contribution in [0, 0.1) is 0 Å². The highest BCUT2D eigenvalue weighted by molar-refractivity contribution is 5.54. The number of hydrogen-bond donors (Lipinski definition) is 0. The van der Waals surface area contributed by atoms with Gasteiger partial charge in [-0.05, 0) is 37.8 Å². The summed E-state index contributed by atoms with van der Waals surface area (Å²) in [6, 6.07) is 3.96. The van der Waals surface area contributed by atoms with Crippen LogP contribution in [0.4, 0.5) is 0 Å². The monoisotopic (exact) mass is 280 g/mol. The van der Waals surface area contributed by atoms with E-state index in [1.807, 2.05) is 12.1 Å². The highest BCUT2D eigenvalue weighted by Crippen LogP contribution is 2.38. The van der Waals surface area contributed by atoms with Crippen LogP contribution in [0.3, 0.4) is 0 Å². The zero-order valence-electron chi connectivity index (χ0n) is 13.3. The second-order valence-electron chi connectivity index (χ2n) is 4.77. The molecule has 0 saturated carbocycles. The van der Waals surface area contributed by atoms with Gasteiger partial charge in [-0.1, -0.05) is 27.7 Å². The first kappa shape index (κ1) is 16.7. The molecule has 0 N–H and O–H groups in total. The molecular formula is C17H28O3. The van der Waals surface area contributed by atoms with Crippen molar-refractivity contribution in [2.24, 2.45) is 0 Å². The Balaban J connectivity index is 3.05. The van der Waals surface area contributed by atoms with E-state index in [-0.39, 0.29) is 0 Å². The van der Waals surface area contributed by atoms with Crippen LogP contribution in [-0.4, -0.2) is 19.8 Å². The van der Waals surface area contributed by atoms with Crippen LogP contribution in [-0.2, 0) is 6.42 Å². The summed E-state index contributed by atoms with van der Waals surface area (Å²) in [4.78, 5) is 0. The quantitative estimate of drug-likeness (QED) is 0.626. The maximum Gasteiger partial charge on any atom is 0.168 e. The summed E-state index contributed by atoms with van der Waals surface area (Å²) < 4.78 is 17.5. The van der Waals surface area contributed by atoms with Crippen molar-refractivity contribution in [2.45, 2.75) is 53.4 Å². The van der Waals surface area contributed by atoms with Crippen LogP contribution < -0.4 is 14.2 Å². The molecular weight excluding hydrogens is 252 g/mol. The van der Waals surface area contributed by atoms with Gasteiger partial charge in [0.1, 0.15) is 5.75 Å². The summed E-state index contributed by atoms with van der Waals surface area (Å²) in [5.41, 5.74) is 1.11. The average molecular weight is 280 g/mol. The Hall–Kier alpha value is -1.38. The van der Waals surface area contributed by atoms with E-state index in [9.17, 15) is 0 Å². The summed E-state index contributed by atoms with van der Waals surface area (Å²) in [5.74, 6) is 2.61. The molecule has 0 bridgehead atoms. The highest BCUT2D eigenvalue weighted by Gasteiger charge is 2.15. The number of ether oxygens (including phenoxy) is 3. The van der Waals surface area contributed by atoms with Crippen molar-refractivity contribution < 1.29 is 14.2 Å². The van der Waals surface area contributed by atoms with Gasteiger partial charge in [-0.15, -0.1) is 0 Å². The second kappa shape index (κ2) is 9.51. The molecule has 1 rings (SSSR count). The summed E-state index contributed by atoms with van der Waals surface area (Å²) in [7, 11) is 0. The Morgan fingerprint density at radius 3 is 1.75 bits per heavy atom. The molecule has 3 heteroatoms. The summed E-state index contributed by atoms with van der Waals surface area (Å²) in [6.07, 6.45) is 3.85. The van der Waals surface area contributed by atoms with E-state index in [0.29, 0.717) is 13.2 Å². The van der Waals surface area contributed by atoms with Gasteiger partial charge in [0.15, 0.2) is 11.5 Å². The standard InChI is InChI=1S/C17H28O3/c1-5-11-18-15-9-10-16(19-12-6-2)17(14(15)8-4)20-13-7-3/h9-10H,5-8,11-13H2,1-4H3. The maximum atomic E-state index is 5.92. The molecule has 1 aromatic carbocycles. The first-order chi connectivity index (χ1) is 9.78. The lowest BCUT2D eigenvalue weighted by Gasteiger charge is -2.18. The summed E-state index contributed by atoms with van der Waals surface area (Å²) in [6.45, 7) is 10.6. The first-order valence-electron chi connectivity index (χ1n) is 7.82. The van der Waals surface area contributed by atoms with Crippen LogP contribution in [0.1, 0.15) is 52.5 Å². The maximum absolute atomic E-state index is 5.92. The van der Waals surface area contributed by atoms with Crippen LogP contribution in [0.15, 0.2) is 12.1 Å². The van der Waals surface area contributed by atoms with Gasteiger partial charge >= 0.3 is 0 Å². The normalized spacial score (nSPS) is 10.4. The zero-order valence-corrected chi connectivity index (χ0v) is 13.3. The van der Waals surface area contributed by atoms with Crippen molar-refractivity contribution in [1.29, 1.82) is 0 Å². The van der Waals surface area contributed by atoms with Crippen molar-refractivity contribution in [3.63, 3.8) is 0 Å². The largest absolute Gasteiger partial charge is 0.493 e. The van der Waals surface area contributed by atoms with E-state index in [0.717, 1.165) is 55.1 Å². The molecule has 1 aromatic rings. The van der Waals surface area contributed by atoms with Gasteiger partial charge in [-0.3, -0.25) is 0 Å².